The van der Waals surface area contributed by atoms with E-state index in [1.807, 2.05) is 38.5 Å². The Balaban J connectivity index is 2.06. The first-order valence-electron chi connectivity index (χ1n) is 8.03. The Kier molecular flexibility index (Phi) is 4.63. The first kappa shape index (κ1) is 15.6. The molecule has 1 aromatic carbocycles. The van der Waals surface area contributed by atoms with Crippen LogP contribution < -0.4 is 5.32 Å². The third-order valence-corrected chi connectivity index (χ3v) is 4.11. The van der Waals surface area contributed by atoms with Gasteiger partial charge < -0.3 is 14.3 Å². The van der Waals surface area contributed by atoms with Gasteiger partial charge in [0.2, 0.25) is 0 Å². The van der Waals surface area contributed by atoms with Crippen LogP contribution in [0.15, 0.2) is 47.1 Å². The molecule has 0 bridgehead atoms. The predicted octanol–water partition coefficient (Wildman–Crippen LogP) is 4.04. The van der Waals surface area contributed by atoms with E-state index in [1.165, 1.54) is 5.56 Å². The number of rotatable bonds is 6. The Morgan fingerprint density at radius 3 is 2.61 bits per heavy atom. The maximum atomic E-state index is 5.99. The number of aromatic nitrogens is 2. The number of hydrogen-bond acceptors (Lipinski definition) is 3. The van der Waals surface area contributed by atoms with Crippen molar-refractivity contribution in [3.63, 3.8) is 0 Å². The fraction of sp³-hybridized carbons (Fsp3) is 0.316. The van der Waals surface area contributed by atoms with Crippen molar-refractivity contribution in [2.75, 3.05) is 13.6 Å². The molecule has 0 unspecified atom stereocenters. The average Bonchev–Trinajstić information content (AvgIpc) is 3.12. The zero-order valence-electron chi connectivity index (χ0n) is 14.0. The maximum absolute atomic E-state index is 5.99. The highest BCUT2D eigenvalue weighted by Crippen LogP contribution is 2.33. The fourth-order valence-electron chi connectivity index (χ4n) is 2.73. The van der Waals surface area contributed by atoms with Crippen LogP contribution in [-0.2, 0) is 6.54 Å². The van der Waals surface area contributed by atoms with Gasteiger partial charge in [-0.15, -0.1) is 0 Å². The minimum atomic E-state index is 0.890. The van der Waals surface area contributed by atoms with Crippen molar-refractivity contribution in [2.45, 2.75) is 26.8 Å². The molecule has 0 spiro atoms. The summed E-state index contributed by atoms with van der Waals surface area (Å²) in [6.07, 6.45) is 2.97. The lowest BCUT2D eigenvalue weighted by Gasteiger charge is -2.08. The number of nitrogens with zero attached hydrogens (tertiary/aromatic N) is 2. The molecule has 2 aromatic heterocycles. The van der Waals surface area contributed by atoms with Gasteiger partial charge in [0, 0.05) is 12.1 Å². The van der Waals surface area contributed by atoms with Gasteiger partial charge in [-0.25, -0.2) is 4.98 Å². The van der Waals surface area contributed by atoms with E-state index >= 15 is 0 Å². The number of benzene rings is 1. The van der Waals surface area contributed by atoms with Crippen LogP contribution >= 0.6 is 0 Å². The Labute approximate surface area is 137 Å². The molecule has 0 atom stereocenters. The van der Waals surface area contributed by atoms with E-state index in [2.05, 4.69) is 40.0 Å². The second-order valence-electron chi connectivity index (χ2n) is 5.81. The molecule has 0 saturated carbocycles. The Morgan fingerprint density at radius 1 is 1.17 bits per heavy atom. The minimum Gasteiger partial charge on any atom is -0.459 e. The second-order valence-corrected chi connectivity index (χ2v) is 5.81. The van der Waals surface area contributed by atoms with Crippen molar-refractivity contribution in [1.29, 1.82) is 0 Å². The quantitative estimate of drug-likeness (QED) is 0.699. The predicted molar refractivity (Wildman–Crippen MR) is 93.4 cm³/mol. The molecule has 3 rings (SSSR count). The van der Waals surface area contributed by atoms with Crippen LogP contribution in [0.3, 0.4) is 0 Å². The average molecular weight is 309 g/mol. The monoisotopic (exact) mass is 309 g/mol. The molecule has 1 N–H and O–H groups in total. The van der Waals surface area contributed by atoms with E-state index in [0.717, 1.165) is 48.0 Å². The van der Waals surface area contributed by atoms with E-state index in [1.54, 1.807) is 0 Å². The van der Waals surface area contributed by atoms with Gasteiger partial charge in [-0.2, -0.15) is 0 Å². The zero-order chi connectivity index (χ0) is 16.2. The summed E-state index contributed by atoms with van der Waals surface area (Å²) in [6.45, 7) is 5.97. The maximum Gasteiger partial charge on any atom is 0.153 e. The van der Waals surface area contributed by atoms with E-state index in [0.29, 0.717) is 0 Å². The molecular formula is C19H23N3O. The topological polar surface area (TPSA) is 43.0 Å². The van der Waals surface area contributed by atoms with Crippen molar-refractivity contribution in [3.05, 3.63) is 54.0 Å². The molecule has 120 valence electrons. The highest BCUT2D eigenvalue weighted by atomic mass is 16.3. The van der Waals surface area contributed by atoms with Crippen molar-refractivity contribution in [2.24, 2.45) is 0 Å². The van der Waals surface area contributed by atoms with Gasteiger partial charge in [-0.1, -0.05) is 30.3 Å². The summed E-state index contributed by atoms with van der Waals surface area (Å²) in [5.41, 5.74) is 4.32. The SMILES string of the molecule is CNCCCn1cnc(-c2ccccc2)c1-c1cc(C)c(C)o1. The van der Waals surface area contributed by atoms with Gasteiger partial charge in [0.05, 0.1) is 12.0 Å². The third-order valence-electron chi connectivity index (χ3n) is 4.11. The number of nitrogens with one attached hydrogen (secondary N) is 1. The van der Waals surface area contributed by atoms with Crippen LogP contribution in [0.1, 0.15) is 17.7 Å². The summed E-state index contributed by atoms with van der Waals surface area (Å²) >= 11 is 0. The molecule has 0 saturated heterocycles. The summed E-state index contributed by atoms with van der Waals surface area (Å²) < 4.78 is 8.18. The van der Waals surface area contributed by atoms with E-state index < -0.39 is 0 Å². The highest BCUT2D eigenvalue weighted by Gasteiger charge is 2.18. The first-order chi connectivity index (χ1) is 11.2. The Morgan fingerprint density at radius 2 is 1.96 bits per heavy atom. The second kappa shape index (κ2) is 6.84. The number of hydrogen-bond donors (Lipinski definition) is 1. The standard InChI is InChI=1S/C19H23N3O/c1-14-12-17(23-15(14)2)19-18(16-8-5-4-6-9-16)21-13-22(19)11-7-10-20-3/h4-6,8-9,12-13,20H,7,10-11H2,1-3H3. The van der Waals surface area contributed by atoms with Gasteiger partial charge in [0.15, 0.2) is 5.76 Å². The van der Waals surface area contributed by atoms with Crippen molar-refractivity contribution >= 4 is 0 Å². The minimum absolute atomic E-state index is 0.890. The molecule has 0 fully saturated rings. The summed E-state index contributed by atoms with van der Waals surface area (Å²) in [7, 11) is 1.98. The molecular weight excluding hydrogens is 286 g/mol. The molecule has 0 aliphatic rings. The van der Waals surface area contributed by atoms with Crippen LogP contribution in [0.5, 0.6) is 0 Å². The lowest BCUT2D eigenvalue weighted by atomic mass is 10.1. The largest absolute Gasteiger partial charge is 0.459 e. The summed E-state index contributed by atoms with van der Waals surface area (Å²) in [5, 5.41) is 3.19. The molecule has 0 amide bonds. The molecule has 0 radical (unpaired) electrons. The summed E-state index contributed by atoms with van der Waals surface area (Å²) in [5.74, 6) is 1.85. The van der Waals surface area contributed by atoms with Gasteiger partial charge in [0.1, 0.15) is 11.5 Å². The molecule has 3 aromatic rings. The Bertz CT molecular complexity index is 752. The van der Waals surface area contributed by atoms with Gasteiger partial charge in [-0.3, -0.25) is 0 Å². The van der Waals surface area contributed by atoms with Crippen LogP contribution in [0.4, 0.5) is 0 Å². The molecule has 23 heavy (non-hydrogen) atoms. The van der Waals surface area contributed by atoms with Crippen LogP contribution in [0.2, 0.25) is 0 Å². The highest BCUT2D eigenvalue weighted by molar-refractivity contribution is 5.76. The van der Waals surface area contributed by atoms with Crippen molar-refractivity contribution in [1.82, 2.24) is 14.9 Å². The molecule has 4 heteroatoms. The van der Waals surface area contributed by atoms with E-state index in [9.17, 15) is 0 Å². The van der Waals surface area contributed by atoms with E-state index in [4.69, 9.17) is 4.42 Å². The van der Waals surface area contributed by atoms with Gasteiger partial charge in [-0.05, 0) is 45.5 Å². The van der Waals surface area contributed by atoms with E-state index in [-0.39, 0.29) is 0 Å². The lowest BCUT2D eigenvalue weighted by Crippen LogP contribution is -2.11. The van der Waals surface area contributed by atoms with Crippen molar-refractivity contribution < 1.29 is 4.42 Å². The number of aryl methyl sites for hydroxylation is 3. The summed E-state index contributed by atoms with van der Waals surface area (Å²) in [6, 6.07) is 12.4. The van der Waals surface area contributed by atoms with Crippen LogP contribution in [0.25, 0.3) is 22.7 Å². The van der Waals surface area contributed by atoms with Gasteiger partial charge in [0.25, 0.3) is 0 Å². The Hall–Kier alpha value is -2.33. The van der Waals surface area contributed by atoms with Crippen molar-refractivity contribution in [3.8, 4) is 22.7 Å². The van der Waals surface area contributed by atoms with Crippen LogP contribution in [0, 0.1) is 13.8 Å². The smallest absolute Gasteiger partial charge is 0.153 e. The molecule has 0 aliphatic carbocycles. The normalized spacial score (nSPS) is 11.1. The zero-order valence-corrected chi connectivity index (χ0v) is 14.0. The molecule has 0 aliphatic heterocycles. The third kappa shape index (κ3) is 3.22. The number of furan rings is 1. The molecule has 2 heterocycles. The first-order valence-corrected chi connectivity index (χ1v) is 8.03. The summed E-state index contributed by atoms with van der Waals surface area (Å²) in [4.78, 5) is 4.66. The van der Waals surface area contributed by atoms with Gasteiger partial charge >= 0.3 is 0 Å². The fourth-order valence-corrected chi connectivity index (χ4v) is 2.73. The molecule has 4 nitrogen and oxygen atoms in total. The lowest BCUT2D eigenvalue weighted by molar-refractivity contribution is 0.535. The van der Waals surface area contributed by atoms with Crippen LogP contribution in [-0.4, -0.2) is 23.1 Å². The number of imidazole rings is 1.